The summed E-state index contributed by atoms with van der Waals surface area (Å²) in [5.41, 5.74) is -0.261. The molecule has 0 aliphatic heterocycles. The number of para-hydroxylation sites is 1. The van der Waals surface area contributed by atoms with Gasteiger partial charge in [-0.1, -0.05) is 35.3 Å². The molecule has 0 radical (unpaired) electrons. The van der Waals surface area contributed by atoms with Gasteiger partial charge in [0.05, 0.1) is 23.4 Å². The van der Waals surface area contributed by atoms with Crippen molar-refractivity contribution in [3.05, 3.63) is 52.0 Å². The molecule has 122 valence electrons. The van der Waals surface area contributed by atoms with Gasteiger partial charge in [-0.05, 0) is 24.3 Å². The van der Waals surface area contributed by atoms with E-state index < -0.39 is 16.0 Å². The summed E-state index contributed by atoms with van der Waals surface area (Å²) in [6.07, 6.45) is 0. The molecule has 0 aromatic heterocycles. The van der Waals surface area contributed by atoms with Crippen molar-refractivity contribution in [2.75, 3.05) is 11.8 Å². The Kier molecular flexibility index (Phi) is 5.03. The molecule has 0 saturated carbocycles. The van der Waals surface area contributed by atoms with Crippen molar-refractivity contribution in [3.63, 3.8) is 0 Å². The first-order valence-corrected chi connectivity index (χ1v) is 8.39. The third-order valence-corrected chi connectivity index (χ3v) is 5.09. The van der Waals surface area contributed by atoms with Gasteiger partial charge in [0.2, 0.25) is 0 Å². The first-order chi connectivity index (χ1) is 10.8. The molecule has 0 spiro atoms. The second-order valence-corrected chi connectivity index (χ2v) is 6.78. The van der Waals surface area contributed by atoms with Crippen LogP contribution >= 0.6 is 23.2 Å². The number of carboxylic acids is 1. The Balaban J connectivity index is 2.53. The third-order valence-electron chi connectivity index (χ3n) is 2.91. The van der Waals surface area contributed by atoms with E-state index in [1.54, 1.807) is 0 Å². The lowest BCUT2D eigenvalue weighted by Gasteiger charge is -2.14. The molecule has 0 saturated heterocycles. The Bertz CT molecular complexity index is 867. The van der Waals surface area contributed by atoms with Gasteiger partial charge >= 0.3 is 5.97 Å². The number of hydrogen-bond donors (Lipinski definition) is 2. The smallest absolute Gasteiger partial charge is 0.337 e. The minimum atomic E-state index is -4.13. The monoisotopic (exact) mass is 375 g/mol. The second-order valence-electron chi connectivity index (χ2n) is 4.35. The Morgan fingerprint density at radius 1 is 1.17 bits per heavy atom. The van der Waals surface area contributed by atoms with E-state index in [2.05, 4.69) is 4.72 Å². The fourth-order valence-electron chi connectivity index (χ4n) is 1.87. The number of carbonyl (C=O) groups is 1. The summed E-state index contributed by atoms with van der Waals surface area (Å²) in [5, 5.41) is 9.20. The average molecular weight is 376 g/mol. The summed E-state index contributed by atoms with van der Waals surface area (Å²) in [6.45, 7) is 0. The van der Waals surface area contributed by atoms with E-state index in [9.17, 15) is 13.2 Å². The van der Waals surface area contributed by atoms with Gasteiger partial charge in [0.1, 0.15) is 9.92 Å². The molecule has 2 aromatic carbocycles. The maximum absolute atomic E-state index is 12.5. The molecule has 0 fully saturated rings. The molecule has 23 heavy (non-hydrogen) atoms. The highest BCUT2D eigenvalue weighted by molar-refractivity contribution is 7.92. The molecular weight excluding hydrogens is 365 g/mol. The zero-order valence-electron chi connectivity index (χ0n) is 11.7. The maximum Gasteiger partial charge on any atom is 0.337 e. The highest BCUT2D eigenvalue weighted by Gasteiger charge is 2.24. The SMILES string of the molecule is COc1c(S(=O)(=O)Nc2ccccc2C(=O)O)ccc(Cl)c1Cl. The molecule has 0 unspecified atom stereocenters. The molecule has 2 aromatic rings. The number of hydrogen-bond acceptors (Lipinski definition) is 4. The van der Waals surface area contributed by atoms with Gasteiger partial charge in [0.15, 0.2) is 5.75 Å². The summed E-state index contributed by atoms with van der Waals surface area (Å²) in [7, 11) is -2.88. The fraction of sp³-hybridized carbons (Fsp3) is 0.0714. The summed E-state index contributed by atoms with van der Waals surface area (Å²) in [4.78, 5) is 10.9. The molecule has 0 amide bonds. The molecular formula is C14H11Cl2NO5S. The number of methoxy groups -OCH3 is 1. The van der Waals surface area contributed by atoms with E-state index in [-0.39, 0.29) is 31.9 Å². The number of nitrogens with one attached hydrogen (secondary N) is 1. The van der Waals surface area contributed by atoms with Gasteiger partial charge in [-0.2, -0.15) is 0 Å². The summed E-state index contributed by atoms with van der Waals surface area (Å²) >= 11 is 11.8. The van der Waals surface area contributed by atoms with Crippen molar-refractivity contribution < 1.29 is 23.1 Å². The van der Waals surface area contributed by atoms with Crippen molar-refractivity contribution in [1.29, 1.82) is 0 Å². The van der Waals surface area contributed by atoms with Crippen LogP contribution in [0.1, 0.15) is 10.4 Å². The molecule has 0 aliphatic carbocycles. The summed E-state index contributed by atoms with van der Waals surface area (Å²) in [5.74, 6) is -1.39. The van der Waals surface area contributed by atoms with Crippen LogP contribution in [0.3, 0.4) is 0 Å². The van der Waals surface area contributed by atoms with Gasteiger partial charge < -0.3 is 9.84 Å². The number of ether oxygens (including phenoxy) is 1. The number of sulfonamides is 1. The quantitative estimate of drug-likeness (QED) is 0.833. The summed E-state index contributed by atoms with van der Waals surface area (Å²) < 4.78 is 32.3. The minimum absolute atomic E-state index is 0.0523. The lowest BCUT2D eigenvalue weighted by Crippen LogP contribution is -2.16. The molecule has 2 N–H and O–H groups in total. The van der Waals surface area contributed by atoms with Crippen LogP contribution in [0.15, 0.2) is 41.3 Å². The first-order valence-electron chi connectivity index (χ1n) is 6.15. The predicted octanol–water partition coefficient (Wildman–Crippen LogP) is 3.50. The molecule has 6 nitrogen and oxygen atoms in total. The zero-order chi connectivity index (χ0) is 17.2. The van der Waals surface area contributed by atoms with Crippen LogP contribution in [0.2, 0.25) is 10.0 Å². The number of anilines is 1. The second kappa shape index (κ2) is 6.66. The Morgan fingerprint density at radius 2 is 1.83 bits per heavy atom. The standard InChI is InChI=1S/C14H11Cl2NO5S/c1-22-13-11(7-6-9(15)12(13)16)23(20,21)17-10-5-3-2-4-8(10)14(18)19/h2-7,17H,1H3,(H,18,19). The summed E-state index contributed by atoms with van der Waals surface area (Å²) in [6, 6.07) is 8.15. The number of benzene rings is 2. The highest BCUT2D eigenvalue weighted by atomic mass is 35.5. The lowest BCUT2D eigenvalue weighted by molar-refractivity contribution is 0.0698. The maximum atomic E-state index is 12.5. The lowest BCUT2D eigenvalue weighted by atomic mass is 10.2. The van der Waals surface area contributed by atoms with Crippen LogP contribution in [0.25, 0.3) is 0 Å². The topological polar surface area (TPSA) is 92.7 Å². The van der Waals surface area contributed by atoms with E-state index >= 15 is 0 Å². The number of rotatable bonds is 5. The van der Waals surface area contributed by atoms with Gasteiger partial charge in [0.25, 0.3) is 10.0 Å². The van der Waals surface area contributed by atoms with Gasteiger partial charge in [-0.25, -0.2) is 13.2 Å². The van der Waals surface area contributed by atoms with E-state index in [4.69, 9.17) is 33.0 Å². The Morgan fingerprint density at radius 3 is 2.43 bits per heavy atom. The van der Waals surface area contributed by atoms with Crippen LogP contribution in [0, 0.1) is 0 Å². The molecule has 0 heterocycles. The van der Waals surface area contributed by atoms with Crippen LogP contribution in [0.4, 0.5) is 5.69 Å². The number of carboxylic acid groups (broad SMARTS) is 1. The molecule has 0 bridgehead atoms. The Labute approximate surface area is 142 Å². The van der Waals surface area contributed by atoms with Crippen LogP contribution < -0.4 is 9.46 Å². The van der Waals surface area contributed by atoms with Gasteiger partial charge in [-0.15, -0.1) is 0 Å². The largest absolute Gasteiger partial charge is 0.494 e. The predicted molar refractivity (Wildman–Crippen MR) is 87.2 cm³/mol. The van der Waals surface area contributed by atoms with Crippen molar-refractivity contribution in [1.82, 2.24) is 0 Å². The van der Waals surface area contributed by atoms with Crippen molar-refractivity contribution in [3.8, 4) is 5.75 Å². The first kappa shape index (κ1) is 17.4. The van der Waals surface area contributed by atoms with Crippen LogP contribution in [-0.4, -0.2) is 26.6 Å². The van der Waals surface area contributed by atoms with E-state index in [0.717, 1.165) is 0 Å². The average Bonchev–Trinajstić information content (AvgIpc) is 2.49. The molecule has 0 aliphatic rings. The van der Waals surface area contributed by atoms with Gasteiger partial charge in [0, 0.05) is 0 Å². The van der Waals surface area contributed by atoms with E-state index in [0.29, 0.717) is 0 Å². The van der Waals surface area contributed by atoms with Crippen molar-refractivity contribution in [2.45, 2.75) is 4.90 Å². The van der Waals surface area contributed by atoms with Crippen molar-refractivity contribution in [2.24, 2.45) is 0 Å². The van der Waals surface area contributed by atoms with Crippen LogP contribution in [-0.2, 0) is 10.0 Å². The van der Waals surface area contributed by atoms with Crippen molar-refractivity contribution >= 4 is 44.9 Å². The van der Waals surface area contributed by atoms with E-state index in [1.165, 1.54) is 43.5 Å². The minimum Gasteiger partial charge on any atom is -0.494 e. The fourth-order valence-corrected chi connectivity index (χ4v) is 3.58. The van der Waals surface area contributed by atoms with E-state index in [1.807, 2.05) is 0 Å². The van der Waals surface area contributed by atoms with Gasteiger partial charge in [-0.3, -0.25) is 4.72 Å². The molecule has 2 rings (SSSR count). The Hall–Kier alpha value is -1.96. The molecule has 0 atom stereocenters. The number of halogens is 2. The number of aromatic carboxylic acids is 1. The van der Waals surface area contributed by atoms with Crippen LogP contribution in [0.5, 0.6) is 5.75 Å². The highest BCUT2D eigenvalue weighted by Crippen LogP contribution is 2.38. The zero-order valence-corrected chi connectivity index (χ0v) is 14.0. The third kappa shape index (κ3) is 3.52. The molecule has 9 heteroatoms. The normalized spacial score (nSPS) is 11.1.